The van der Waals surface area contributed by atoms with Gasteiger partial charge in [0.15, 0.2) is 4.34 Å². The van der Waals surface area contributed by atoms with Crippen LogP contribution in [0, 0.1) is 6.92 Å². The highest BCUT2D eigenvalue weighted by Crippen LogP contribution is 2.27. The van der Waals surface area contributed by atoms with Gasteiger partial charge < -0.3 is 10.4 Å². The molecule has 9 heteroatoms. The smallest absolute Gasteiger partial charge is 0.321 e. The molecule has 0 aliphatic heterocycles. The number of aromatic nitrogens is 1. The lowest BCUT2D eigenvalue weighted by Crippen LogP contribution is -2.38. The Morgan fingerprint density at radius 2 is 2.11 bits per heavy atom. The molecule has 3 N–H and O–H groups in total. The summed E-state index contributed by atoms with van der Waals surface area (Å²) in [4.78, 5) is 37.7. The van der Waals surface area contributed by atoms with E-state index in [1.54, 1.807) is 6.92 Å². The third-order valence-electron chi connectivity index (χ3n) is 1.99. The van der Waals surface area contributed by atoms with Gasteiger partial charge in [0.2, 0.25) is 5.91 Å². The van der Waals surface area contributed by atoms with Crippen molar-refractivity contribution in [3.05, 3.63) is 10.6 Å². The number of aryl methyl sites for hydroxylation is 1. The summed E-state index contributed by atoms with van der Waals surface area (Å²) in [5, 5.41) is 13.1. The van der Waals surface area contributed by atoms with Crippen LogP contribution >= 0.6 is 23.1 Å². The van der Waals surface area contributed by atoms with Crippen LogP contribution in [0.3, 0.4) is 0 Å². The molecule has 0 unspecified atom stereocenters. The summed E-state index contributed by atoms with van der Waals surface area (Å²) in [5.74, 6) is -1.30. The molecule has 0 bridgehead atoms. The summed E-state index contributed by atoms with van der Waals surface area (Å²) in [6.07, 6.45) is -0.0749. The standard InChI is InChI=1S/C10H13N3O4S2/c1-5-6(3-8(15)16)19-10(12-5)18-4-7(14)13-9(17)11-2/h3-4H2,1-2H3,(H,15,16)(H2,11,13,14,17). The van der Waals surface area contributed by atoms with Crippen molar-refractivity contribution in [1.29, 1.82) is 0 Å². The van der Waals surface area contributed by atoms with E-state index in [2.05, 4.69) is 15.6 Å². The molecule has 0 saturated heterocycles. The fraction of sp³-hybridized carbons (Fsp3) is 0.400. The molecule has 1 heterocycles. The Bertz CT molecular complexity index is 501. The summed E-state index contributed by atoms with van der Waals surface area (Å²) in [5.41, 5.74) is 0.654. The molecule has 19 heavy (non-hydrogen) atoms. The molecule has 0 aromatic carbocycles. The van der Waals surface area contributed by atoms with Crippen molar-refractivity contribution < 1.29 is 19.5 Å². The normalized spacial score (nSPS) is 10.0. The summed E-state index contributed by atoms with van der Waals surface area (Å²) in [6.45, 7) is 1.73. The van der Waals surface area contributed by atoms with Crippen LogP contribution < -0.4 is 10.6 Å². The van der Waals surface area contributed by atoms with E-state index in [1.165, 1.54) is 30.1 Å². The zero-order valence-corrected chi connectivity index (χ0v) is 12.0. The van der Waals surface area contributed by atoms with Gasteiger partial charge in [-0.3, -0.25) is 14.9 Å². The number of urea groups is 1. The molecule has 1 aromatic rings. The topological polar surface area (TPSA) is 108 Å². The Morgan fingerprint density at radius 3 is 2.68 bits per heavy atom. The van der Waals surface area contributed by atoms with Gasteiger partial charge in [0.1, 0.15) is 0 Å². The minimum atomic E-state index is -0.916. The molecule has 0 radical (unpaired) electrons. The number of imide groups is 1. The summed E-state index contributed by atoms with van der Waals surface area (Å²) in [7, 11) is 1.41. The van der Waals surface area contributed by atoms with Crippen molar-refractivity contribution in [2.45, 2.75) is 17.7 Å². The summed E-state index contributed by atoms with van der Waals surface area (Å²) < 4.78 is 0.612. The molecule has 7 nitrogen and oxygen atoms in total. The number of nitrogens with zero attached hydrogens (tertiary/aromatic N) is 1. The number of hydrogen-bond donors (Lipinski definition) is 3. The predicted octanol–water partition coefficient (Wildman–Crippen LogP) is 0.626. The Balaban J connectivity index is 2.52. The molecule has 0 spiro atoms. The molecular formula is C10H13N3O4S2. The van der Waals surface area contributed by atoms with Crippen molar-refractivity contribution in [3.63, 3.8) is 0 Å². The molecule has 0 fully saturated rings. The van der Waals surface area contributed by atoms with E-state index in [-0.39, 0.29) is 12.2 Å². The van der Waals surface area contributed by atoms with Crippen molar-refractivity contribution in [3.8, 4) is 0 Å². The first-order valence-corrected chi connectivity index (χ1v) is 7.05. The van der Waals surface area contributed by atoms with Gasteiger partial charge in [0, 0.05) is 11.9 Å². The van der Waals surface area contributed by atoms with Gasteiger partial charge in [-0.1, -0.05) is 11.8 Å². The lowest BCUT2D eigenvalue weighted by atomic mass is 10.3. The van der Waals surface area contributed by atoms with Crippen LogP contribution in [0.4, 0.5) is 4.79 Å². The maximum atomic E-state index is 11.3. The highest BCUT2D eigenvalue weighted by molar-refractivity contribution is 8.01. The number of carbonyl (C=O) groups is 3. The van der Waals surface area contributed by atoms with Crippen LogP contribution in [-0.4, -0.2) is 40.8 Å². The highest BCUT2D eigenvalue weighted by atomic mass is 32.2. The molecule has 3 amide bonds. The molecule has 104 valence electrons. The number of carboxylic acid groups (broad SMARTS) is 1. The van der Waals surface area contributed by atoms with Gasteiger partial charge in [-0.25, -0.2) is 9.78 Å². The number of nitrogens with one attached hydrogen (secondary N) is 2. The zero-order chi connectivity index (χ0) is 14.4. The van der Waals surface area contributed by atoms with Crippen LogP contribution in [-0.2, 0) is 16.0 Å². The number of rotatable bonds is 5. The van der Waals surface area contributed by atoms with Crippen LogP contribution in [0.25, 0.3) is 0 Å². The maximum absolute atomic E-state index is 11.3. The predicted molar refractivity (Wildman–Crippen MR) is 71.5 cm³/mol. The molecule has 0 aliphatic rings. The second-order valence-electron chi connectivity index (χ2n) is 3.47. The monoisotopic (exact) mass is 303 g/mol. The van der Waals surface area contributed by atoms with Crippen LogP contribution in [0.5, 0.6) is 0 Å². The van der Waals surface area contributed by atoms with Gasteiger partial charge in [-0.2, -0.15) is 0 Å². The summed E-state index contributed by atoms with van der Waals surface area (Å²) in [6, 6.07) is -0.563. The van der Waals surface area contributed by atoms with E-state index >= 15 is 0 Å². The first-order chi connectivity index (χ1) is 8.92. The summed E-state index contributed by atoms with van der Waals surface area (Å²) >= 11 is 2.41. The molecule has 0 atom stereocenters. The van der Waals surface area contributed by atoms with E-state index in [9.17, 15) is 14.4 Å². The number of hydrogen-bond acceptors (Lipinski definition) is 6. The minimum Gasteiger partial charge on any atom is -0.481 e. The number of carbonyl (C=O) groups excluding carboxylic acids is 2. The van der Waals surface area contributed by atoms with Gasteiger partial charge in [0.05, 0.1) is 17.9 Å². The number of aliphatic carboxylic acids is 1. The van der Waals surface area contributed by atoms with Gasteiger partial charge >= 0.3 is 12.0 Å². The van der Waals surface area contributed by atoms with Crippen molar-refractivity contribution in [2.24, 2.45) is 0 Å². The molecular weight excluding hydrogens is 290 g/mol. The second-order valence-corrected chi connectivity index (χ2v) is 5.78. The second kappa shape index (κ2) is 7.10. The Hall–Kier alpha value is -1.61. The van der Waals surface area contributed by atoms with E-state index in [4.69, 9.17) is 5.11 Å². The van der Waals surface area contributed by atoms with Crippen LogP contribution in [0.1, 0.15) is 10.6 Å². The van der Waals surface area contributed by atoms with E-state index < -0.39 is 17.9 Å². The van der Waals surface area contributed by atoms with Crippen molar-refractivity contribution >= 4 is 41.0 Å². The third kappa shape index (κ3) is 5.26. The van der Waals surface area contributed by atoms with Gasteiger partial charge in [-0.05, 0) is 6.92 Å². The lowest BCUT2D eigenvalue weighted by molar-refractivity contribution is -0.136. The minimum absolute atomic E-state index is 0.0485. The Morgan fingerprint density at radius 1 is 1.42 bits per heavy atom. The van der Waals surface area contributed by atoms with Crippen LogP contribution in [0.2, 0.25) is 0 Å². The zero-order valence-electron chi connectivity index (χ0n) is 10.3. The highest BCUT2D eigenvalue weighted by Gasteiger charge is 2.13. The van der Waals surface area contributed by atoms with E-state index in [1.807, 2.05) is 0 Å². The molecule has 0 aliphatic carbocycles. The van der Waals surface area contributed by atoms with Crippen LogP contribution in [0.15, 0.2) is 4.34 Å². The number of carboxylic acids is 1. The van der Waals surface area contributed by atoms with Gasteiger partial charge in [-0.15, -0.1) is 11.3 Å². The largest absolute Gasteiger partial charge is 0.481 e. The fourth-order valence-electron chi connectivity index (χ4n) is 1.12. The Labute approximate surface area is 117 Å². The average molecular weight is 303 g/mol. The molecule has 1 aromatic heterocycles. The third-order valence-corrected chi connectivity index (χ3v) is 4.29. The van der Waals surface area contributed by atoms with E-state index in [0.717, 1.165) is 0 Å². The fourth-order valence-corrected chi connectivity index (χ4v) is 3.14. The molecule has 0 saturated carbocycles. The first kappa shape index (κ1) is 15.4. The number of thiazole rings is 1. The quantitative estimate of drug-likeness (QED) is 0.688. The molecule has 1 rings (SSSR count). The first-order valence-electron chi connectivity index (χ1n) is 5.24. The number of thioether (sulfide) groups is 1. The average Bonchev–Trinajstić information content (AvgIpc) is 2.66. The van der Waals surface area contributed by atoms with E-state index in [0.29, 0.717) is 14.9 Å². The Kier molecular flexibility index (Phi) is 5.77. The number of amides is 3. The maximum Gasteiger partial charge on any atom is 0.321 e. The van der Waals surface area contributed by atoms with Crippen molar-refractivity contribution in [2.75, 3.05) is 12.8 Å². The van der Waals surface area contributed by atoms with Gasteiger partial charge in [0.25, 0.3) is 0 Å². The SMILES string of the molecule is CNC(=O)NC(=O)CSc1nc(C)c(CC(=O)O)s1. The lowest BCUT2D eigenvalue weighted by Gasteiger charge is -2.00. The van der Waals surface area contributed by atoms with Crippen molar-refractivity contribution in [1.82, 2.24) is 15.6 Å².